The first-order valence-electron chi connectivity index (χ1n) is 9.51. The van der Waals surface area contributed by atoms with E-state index in [4.69, 9.17) is 0 Å². The molecule has 0 unspecified atom stereocenters. The maximum Gasteiger partial charge on any atom is 0.160 e. The van der Waals surface area contributed by atoms with Gasteiger partial charge in [-0.05, 0) is 68.5 Å². The summed E-state index contributed by atoms with van der Waals surface area (Å²) in [6.07, 6.45) is 8.30. The van der Waals surface area contributed by atoms with Crippen LogP contribution in [0.1, 0.15) is 54.6 Å². The van der Waals surface area contributed by atoms with Crippen LogP contribution >= 0.6 is 0 Å². The highest BCUT2D eigenvalue weighted by atomic mass is 15.3. The first-order valence-corrected chi connectivity index (χ1v) is 9.51. The van der Waals surface area contributed by atoms with Crippen molar-refractivity contribution in [1.82, 2.24) is 19.5 Å². The van der Waals surface area contributed by atoms with Gasteiger partial charge in [-0.3, -0.25) is 9.30 Å². The maximum absolute atomic E-state index is 4.49. The molecular weight excluding hydrogens is 308 g/mol. The third kappa shape index (κ3) is 2.65. The number of piperidine rings is 1. The summed E-state index contributed by atoms with van der Waals surface area (Å²) in [6, 6.07) is 15.8. The van der Waals surface area contributed by atoms with Crippen LogP contribution in [0.4, 0.5) is 0 Å². The highest BCUT2D eigenvalue weighted by molar-refractivity contribution is 5.38. The van der Waals surface area contributed by atoms with Crippen LogP contribution in [0.25, 0.3) is 5.65 Å². The lowest BCUT2D eigenvalue weighted by Gasteiger charge is -2.40. The number of fused-ring (bicyclic) bond motifs is 2. The lowest BCUT2D eigenvalue weighted by Crippen LogP contribution is -2.38. The number of rotatable bonds is 2. The summed E-state index contributed by atoms with van der Waals surface area (Å²) in [6.45, 7) is 2.32. The molecule has 2 aromatic heterocycles. The molecule has 4 nitrogen and oxygen atoms in total. The number of likely N-dealkylation sites (tertiary alicyclic amines) is 1. The second kappa shape index (κ2) is 6.26. The van der Waals surface area contributed by atoms with Crippen LogP contribution in [-0.2, 0) is 6.42 Å². The molecule has 1 aliphatic carbocycles. The van der Waals surface area contributed by atoms with Gasteiger partial charge in [0.2, 0.25) is 0 Å². The van der Waals surface area contributed by atoms with E-state index in [0.29, 0.717) is 12.0 Å². The Balaban J connectivity index is 1.34. The quantitative estimate of drug-likeness (QED) is 0.711. The molecule has 1 aliphatic heterocycles. The summed E-state index contributed by atoms with van der Waals surface area (Å²) < 4.78 is 2.16. The molecule has 128 valence electrons. The number of aromatic nitrogens is 3. The van der Waals surface area contributed by atoms with E-state index in [1.807, 2.05) is 12.1 Å². The van der Waals surface area contributed by atoms with Crippen molar-refractivity contribution in [3.05, 3.63) is 65.6 Å². The van der Waals surface area contributed by atoms with Crippen molar-refractivity contribution in [2.24, 2.45) is 0 Å². The number of benzene rings is 1. The topological polar surface area (TPSA) is 33.4 Å². The molecule has 0 bridgehead atoms. The van der Waals surface area contributed by atoms with Gasteiger partial charge in [-0.1, -0.05) is 30.3 Å². The van der Waals surface area contributed by atoms with Crippen LogP contribution < -0.4 is 0 Å². The van der Waals surface area contributed by atoms with E-state index < -0.39 is 0 Å². The Kier molecular flexibility index (Phi) is 3.78. The summed E-state index contributed by atoms with van der Waals surface area (Å²) in [4.78, 5) is 2.71. The smallest absolute Gasteiger partial charge is 0.160 e. The number of aryl methyl sites for hydroxylation is 1. The standard InChI is InChI=1S/C21H24N4/c1-2-8-18-16(6-1)7-5-9-19(18)24-14-11-17(12-15-24)21-23-22-20-10-3-4-13-25(20)21/h1-4,6,8,10,13,17,19H,5,7,9,11-12,14-15H2/t19-/m1/s1. The van der Waals surface area contributed by atoms with Gasteiger partial charge in [0.15, 0.2) is 5.65 Å². The Bertz CT molecular complexity index is 876. The predicted octanol–water partition coefficient (Wildman–Crippen LogP) is 3.99. The zero-order chi connectivity index (χ0) is 16.6. The fourth-order valence-electron chi connectivity index (χ4n) is 4.72. The van der Waals surface area contributed by atoms with Crippen molar-refractivity contribution in [2.75, 3.05) is 13.1 Å². The third-order valence-electron chi connectivity index (χ3n) is 6.01. The van der Waals surface area contributed by atoms with Crippen LogP contribution in [0.2, 0.25) is 0 Å². The van der Waals surface area contributed by atoms with Gasteiger partial charge in [0.05, 0.1) is 0 Å². The Morgan fingerprint density at radius 1 is 0.880 bits per heavy atom. The number of pyridine rings is 1. The van der Waals surface area contributed by atoms with Gasteiger partial charge >= 0.3 is 0 Å². The molecule has 0 saturated carbocycles. The molecule has 25 heavy (non-hydrogen) atoms. The van der Waals surface area contributed by atoms with Gasteiger partial charge in [-0.2, -0.15) is 0 Å². The average Bonchev–Trinajstić information content (AvgIpc) is 3.12. The lowest BCUT2D eigenvalue weighted by molar-refractivity contribution is 0.136. The van der Waals surface area contributed by atoms with Gasteiger partial charge in [-0.25, -0.2) is 0 Å². The van der Waals surface area contributed by atoms with Crippen molar-refractivity contribution < 1.29 is 0 Å². The highest BCUT2D eigenvalue weighted by Gasteiger charge is 2.31. The van der Waals surface area contributed by atoms with E-state index in [-0.39, 0.29) is 0 Å². The SMILES string of the molecule is c1ccc2c(c1)CCC[C@H]2N1CCC(c2nnc3ccccn23)CC1. The first kappa shape index (κ1) is 15.1. The number of hydrogen-bond acceptors (Lipinski definition) is 3. The van der Waals surface area contributed by atoms with Crippen molar-refractivity contribution in [2.45, 2.75) is 44.1 Å². The van der Waals surface area contributed by atoms with E-state index in [0.717, 1.165) is 24.6 Å². The molecule has 3 heterocycles. The van der Waals surface area contributed by atoms with Crippen LogP contribution in [0.3, 0.4) is 0 Å². The van der Waals surface area contributed by atoms with Gasteiger partial charge < -0.3 is 0 Å². The second-order valence-electron chi connectivity index (χ2n) is 7.40. The summed E-state index contributed by atoms with van der Waals surface area (Å²) in [5, 5.41) is 8.82. The van der Waals surface area contributed by atoms with Crippen LogP contribution in [0.15, 0.2) is 48.7 Å². The Morgan fingerprint density at radius 2 is 1.72 bits per heavy atom. The third-order valence-corrected chi connectivity index (χ3v) is 6.01. The van der Waals surface area contributed by atoms with E-state index in [1.165, 1.54) is 32.1 Å². The van der Waals surface area contributed by atoms with Gasteiger partial charge in [0, 0.05) is 18.2 Å². The summed E-state index contributed by atoms with van der Waals surface area (Å²) >= 11 is 0. The normalized spacial score (nSPS) is 22.2. The first-order chi connectivity index (χ1) is 12.4. The zero-order valence-corrected chi connectivity index (χ0v) is 14.5. The molecule has 0 spiro atoms. The molecule has 0 N–H and O–H groups in total. The Morgan fingerprint density at radius 3 is 2.64 bits per heavy atom. The molecule has 5 rings (SSSR count). The van der Waals surface area contributed by atoms with Gasteiger partial charge in [0.25, 0.3) is 0 Å². The summed E-state index contributed by atoms with van der Waals surface area (Å²) in [5.41, 5.74) is 4.09. The molecule has 4 heteroatoms. The molecule has 1 fully saturated rings. The van der Waals surface area contributed by atoms with E-state index in [1.54, 1.807) is 11.1 Å². The molecular formula is C21H24N4. The van der Waals surface area contributed by atoms with Crippen LogP contribution in [0, 0.1) is 0 Å². The molecule has 1 saturated heterocycles. The molecule has 1 atom stereocenters. The molecule has 3 aromatic rings. The summed E-state index contributed by atoms with van der Waals surface area (Å²) in [7, 11) is 0. The molecule has 1 aromatic carbocycles. The van der Waals surface area contributed by atoms with Gasteiger partial charge in [-0.15, -0.1) is 10.2 Å². The average molecular weight is 332 g/mol. The van der Waals surface area contributed by atoms with Crippen molar-refractivity contribution in [1.29, 1.82) is 0 Å². The van der Waals surface area contributed by atoms with E-state index in [9.17, 15) is 0 Å². The van der Waals surface area contributed by atoms with Gasteiger partial charge in [0.1, 0.15) is 5.82 Å². The van der Waals surface area contributed by atoms with Crippen LogP contribution in [0.5, 0.6) is 0 Å². The largest absolute Gasteiger partial charge is 0.296 e. The van der Waals surface area contributed by atoms with E-state index >= 15 is 0 Å². The Labute approximate surface area is 148 Å². The van der Waals surface area contributed by atoms with Crippen LogP contribution in [-0.4, -0.2) is 32.6 Å². The number of hydrogen-bond donors (Lipinski definition) is 0. The fourth-order valence-corrected chi connectivity index (χ4v) is 4.72. The summed E-state index contributed by atoms with van der Waals surface area (Å²) in [5.74, 6) is 1.66. The monoisotopic (exact) mass is 332 g/mol. The minimum absolute atomic E-state index is 0.521. The number of nitrogens with zero attached hydrogens (tertiary/aromatic N) is 4. The minimum Gasteiger partial charge on any atom is -0.296 e. The Hall–Kier alpha value is -2.20. The molecule has 0 radical (unpaired) electrons. The van der Waals surface area contributed by atoms with Crippen molar-refractivity contribution >= 4 is 5.65 Å². The maximum atomic E-state index is 4.49. The second-order valence-corrected chi connectivity index (χ2v) is 7.40. The van der Waals surface area contributed by atoms with Crippen molar-refractivity contribution in [3.63, 3.8) is 0 Å². The van der Waals surface area contributed by atoms with Crippen molar-refractivity contribution in [3.8, 4) is 0 Å². The molecule has 0 amide bonds. The minimum atomic E-state index is 0.521. The fraction of sp³-hybridized carbons (Fsp3) is 0.429. The van der Waals surface area contributed by atoms with E-state index in [2.05, 4.69) is 56.0 Å². The highest BCUT2D eigenvalue weighted by Crippen LogP contribution is 2.37. The lowest BCUT2D eigenvalue weighted by atomic mass is 9.85. The predicted molar refractivity (Wildman–Crippen MR) is 98.7 cm³/mol. The molecule has 2 aliphatic rings. The zero-order valence-electron chi connectivity index (χ0n) is 14.5.